The molecule has 1 aliphatic carbocycles. The third-order valence-electron chi connectivity index (χ3n) is 3.88. The number of hydrogen-bond acceptors (Lipinski definition) is 4. The molecule has 0 aromatic heterocycles. The highest BCUT2D eigenvalue weighted by molar-refractivity contribution is 7.89. The SMILES string of the molecule is NC1C2CCOC2C1N1CCCS1(=O)=O. The van der Waals surface area contributed by atoms with E-state index in [0.29, 0.717) is 12.5 Å². The lowest BCUT2D eigenvalue weighted by Crippen LogP contribution is -2.69. The molecular weight excluding hydrogens is 216 g/mol. The van der Waals surface area contributed by atoms with Crippen molar-refractivity contribution in [3.8, 4) is 0 Å². The van der Waals surface area contributed by atoms with E-state index in [0.717, 1.165) is 19.4 Å². The standard InChI is InChI=1S/C9H16N2O3S/c10-7-6-2-4-14-9(6)8(7)11-3-1-5-15(11,12)13/h6-9H,1-5,10H2. The van der Waals surface area contributed by atoms with Crippen molar-refractivity contribution in [2.24, 2.45) is 11.7 Å². The summed E-state index contributed by atoms with van der Waals surface area (Å²) >= 11 is 0. The highest BCUT2D eigenvalue weighted by atomic mass is 32.2. The molecule has 0 bridgehead atoms. The van der Waals surface area contributed by atoms with Gasteiger partial charge in [-0.1, -0.05) is 0 Å². The van der Waals surface area contributed by atoms with Crippen molar-refractivity contribution in [1.29, 1.82) is 0 Å². The Hall–Kier alpha value is -0.170. The van der Waals surface area contributed by atoms with Gasteiger partial charge in [0.25, 0.3) is 0 Å². The number of sulfonamides is 1. The molecule has 86 valence electrons. The maximum atomic E-state index is 11.7. The number of nitrogens with two attached hydrogens (primary N) is 1. The number of nitrogens with zero attached hydrogens (tertiary/aromatic N) is 1. The zero-order chi connectivity index (χ0) is 10.6. The Bertz CT molecular complexity index is 370. The van der Waals surface area contributed by atoms with Gasteiger partial charge in [0, 0.05) is 25.1 Å². The van der Waals surface area contributed by atoms with Gasteiger partial charge in [-0.2, -0.15) is 4.31 Å². The summed E-state index contributed by atoms with van der Waals surface area (Å²) in [5.74, 6) is 0.652. The molecule has 4 atom stereocenters. The zero-order valence-electron chi connectivity index (χ0n) is 8.50. The first-order valence-electron chi connectivity index (χ1n) is 5.48. The van der Waals surface area contributed by atoms with Crippen LogP contribution in [0.15, 0.2) is 0 Å². The van der Waals surface area contributed by atoms with Crippen molar-refractivity contribution in [3.05, 3.63) is 0 Å². The topological polar surface area (TPSA) is 72.6 Å². The van der Waals surface area contributed by atoms with E-state index < -0.39 is 10.0 Å². The summed E-state index contributed by atoms with van der Waals surface area (Å²) in [6.45, 7) is 1.35. The maximum absolute atomic E-state index is 11.7. The van der Waals surface area contributed by atoms with Crippen LogP contribution in [0.4, 0.5) is 0 Å². The van der Waals surface area contributed by atoms with Gasteiger partial charge in [-0.15, -0.1) is 0 Å². The van der Waals surface area contributed by atoms with E-state index in [1.165, 1.54) is 0 Å². The summed E-state index contributed by atoms with van der Waals surface area (Å²) in [4.78, 5) is 0. The first kappa shape index (κ1) is 10.0. The second-order valence-electron chi connectivity index (χ2n) is 4.64. The predicted molar refractivity (Wildman–Crippen MR) is 54.7 cm³/mol. The maximum Gasteiger partial charge on any atom is 0.214 e. The molecule has 0 amide bonds. The average molecular weight is 232 g/mol. The Kier molecular flexibility index (Phi) is 2.11. The van der Waals surface area contributed by atoms with E-state index in [-0.39, 0.29) is 23.9 Å². The van der Waals surface area contributed by atoms with Crippen molar-refractivity contribution in [2.45, 2.75) is 31.0 Å². The Balaban J connectivity index is 1.83. The van der Waals surface area contributed by atoms with E-state index in [2.05, 4.69) is 0 Å². The quantitative estimate of drug-likeness (QED) is 0.638. The minimum absolute atomic E-state index is 0.0228. The molecule has 3 aliphatic rings. The number of hydrogen-bond donors (Lipinski definition) is 1. The van der Waals surface area contributed by atoms with Crippen molar-refractivity contribution >= 4 is 10.0 Å². The summed E-state index contributed by atoms with van der Waals surface area (Å²) in [5, 5.41) is 0. The normalized spacial score (nSPS) is 48.9. The van der Waals surface area contributed by atoms with Crippen LogP contribution >= 0.6 is 0 Å². The molecule has 4 unspecified atom stereocenters. The molecule has 5 nitrogen and oxygen atoms in total. The van der Waals surface area contributed by atoms with Crippen LogP contribution in [-0.4, -0.2) is 49.8 Å². The fourth-order valence-electron chi connectivity index (χ4n) is 3.07. The minimum Gasteiger partial charge on any atom is -0.376 e. The van der Waals surface area contributed by atoms with Gasteiger partial charge in [0.1, 0.15) is 0 Å². The number of fused-ring (bicyclic) bond motifs is 1. The molecule has 15 heavy (non-hydrogen) atoms. The van der Waals surface area contributed by atoms with Crippen LogP contribution in [-0.2, 0) is 14.8 Å². The molecule has 0 aromatic carbocycles. The summed E-state index contributed by atoms with van der Waals surface area (Å²) in [5.41, 5.74) is 6.02. The van der Waals surface area contributed by atoms with Gasteiger partial charge in [-0.05, 0) is 12.8 Å². The van der Waals surface area contributed by atoms with Crippen molar-refractivity contribution in [1.82, 2.24) is 4.31 Å². The fourth-order valence-corrected chi connectivity index (χ4v) is 4.83. The molecule has 3 fully saturated rings. The lowest BCUT2D eigenvalue weighted by atomic mass is 9.72. The van der Waals surface area contributed by atoms with E-state index >= 15 is 0 Å². The summed E-state index contributed by atoms with van der Waals surface area (Å²) in [7, 11) is -3.05. The fraction of sp³-hybridized carbons (Fsp3) is 1.00. The third kappa shape index (κ3) is 1.28. The number of ether oxygens (including phenoxy) is 1. The molecule has 0 radical (unpaired) electrons. The summed E-state index contributed by atoms with van der Waals surface area (Å²) < 4.78 is 30.6. The monoisotopic (exact) mass is 232 g/mol. The van der Waals surface area contributed by atoms with E-state index in [1.54, 1.807) is 4.31 Å². The van der Waals surface area contributed by atoms with E-state index in [9.17, 15) is 8.42 Å². The average Bonchev–Trinajstić information content (AvgIpc) is 2.72. The van der Waals surface area contributed by atoms with Gasteiger partial charge in [0.2, 0.25) is 10.0 Å². The molecule has 2 saturated heterocycles. The van der Waals surface area contributed by atoms with Gasteiger partial charge >= 0.3 is 0 Å². The van der Waals surface area contributed by atoms with Crippen molar-refractivity contribution < 1.29 is 13.2 Å². The lowest BCUT2D eigenvalue weighted by molar-refractivity contribution is -0.0452. The highest BCUT2D eigenvalue weighted by Crippen LogP contribution is 2.42. The molecule has 1 saturated carbocycles. The Labute approximate surface area is 89.6 Å². The molecule has 3 rings (SSSR count). The third-order valence-corrected chi connectivity index (χ3v) is 5.82. The largest absolute Gasteiger partial charge is 0.376 e. The summed E-state index contributed by atoms with van der Waals surface area (Å²) in [6, 6.07) is -0.115. The van der Waals surface area contributed by atoms with Gasteiger partial charge < -0.3 is 10.5 Å². The molecule has 6 heteroatoms. The zero-order valence-corrected chi connectivity index (χ0v) is 9.32. The molecule has 2 aliphatic heterocycles. The molecule has 2 N–H and O–H groups in total. The minimum atomic E-state index is -3.05. The van der Waals surface area contributed by atoms with Gasteiger partial charge in [0.05, 0.1) is 17.9 Å². The van der Waals surface area contributed by atoms with Crippen molar-refractivity contribution in [3.63, 3.8) is 0 Å². The smallest absolute Gasteiger partial charge is 0.214 e. The Morgan fingerprint density at radius 1 is 1.40 bits per heavy atom. The molecular formula is C9H16N2O3S. The van der Waals surface area contributed by atoms with Crippen LogP contribution in [0.1, 0.15) is 12.8 Å². The molecule has 0 aromatic rings. The van der Waals surface area contributed by atoms with Crippen LogP contribution in [0.2, 0.25) is 0 Å². The van der Waals surface area contributed by atoms with Gasteiger partial charge in [0.15, 0.2) is 0 Å². The molecule has 0 spiro atoms. The van der Waals surface area contributed by atoms with Gasteiger partial charge in [-0.3, -0.25) is 0 Å². The Morgan fingerprint density at radius 3 is 2.87 bits per heavy atom. The van der Waals surface area contributed by atoms with E-state index in [4.69, 9.17) is 10.5 Å². The second-order valence-corrected chi connectivity index (χ2v) is 6.68. The van der Waals surface area contributed by atoms with Gasteiger partial charge in [-0.25, -0.2) is 8.42 Å². The van der Waals surface area contributed by atoms with Crippen molar-refractivity contribution in [2.75, 3.05) is 18.9 Å². The first-order chi connectivity index (χ1) is 7.11. The van der Waals surface area contributed by atoms with Crippen LogP contribution in [0.5, 0.6) is 0 Å². The lowest BCUT2D eigenvalue weighted by Gasteiger charge is -2.48. The number of rotatable bonds is 1. The Morgan fingerprint density at radius 2 is 2.20 bits per heavy atom. The first-order valence-corrected chi connectivity index (χ1v) is 7.09. The molecule has 2 heterocycles. The predicted octanol–water partition coefficient (Wildman–Crippen LogP) is -0.863. The van der Waals surface area contributed by atoms with Crippen LogP contribution in [0.3, 0.4) is 0 Å². The van der Waals surface area contributed by atoms with Crippen LogP contribution in [0, 0.1) is 5.92 Å². The van der Waals surface area contributed by atoms with Crippen LogP contribution < -0.4 is 5.73 Å². The van der Waals surface area contributed by atoms with Crippen LogP contribution in [0.25, 0.3) is 0 Å². The second kappa shape index (κ2) is 3.16. The highest BCUT2D eigenvalue weighted by Gasteiger charge is 2.57. The van der Waals surface area contributed by atoms with E-state index in [1.807, 2.05) is 0 Å². The summed E-state index contributed by atoms with van der Waals surface area (Å²) in [6.07, 6.45) is 1.77.